The number of aromatic nitrogens is 1. The summed E-state index contributed by atoms with van der Waals surface area (Å²) in [5.41, 5.74) is 2.58. The van der Waals surface area contributed by atoms with Crippen LogP contribution in [0, 0.1) is 0 Å². The number of hydrogen-bond acceptors (Lipinski definition) is 2. The van der Waals surface area contributed by atoms with Crippen molar-refractivity contribution in [3.63, 3.8) is 0 Å². The first-order valence-electron chi connectivity index (χ1n) is 8.45. The van der Waals surface area contributed by atoms with Gasteiger partial charge >= 0.3 is 0 Å². The number of para-hydroxylation sites is 1. The summed E-state index contributed by atoms with van der Waals surface area (Å²) >= 11 is 0. The zero-order chi connectivity index (χ0) is 16.9. The number of halogens is 2. The second-order valence-electron chi connectivity index (χ2n) is 6.91. The van der Waals surface area contributed by atoms with Gasteiger partial charge in [-0.05, 0) is 32.4 Å². The molecule has 0 bridgehead atoms. The summed E-state index contributed by atoms with van der Waals surface area (Å²) < 4.78 is 30.6. The van der Waals surface area contributed by atoms with Gasteiger partial charge in [0.1, 0.15) is 0 Å². The number of amides is 1. The molecule has 1 aromatic heterocycles. The molecule has 0 radical (unpaired) electrons. The summed E-state index contributed by atoms with van der Waals surface area (Å²) in [7, 11) is 1.68. The molecule has 0 spiro atoms. The normalized spacial score (nSPS) is 23.4. The van der Waals surface area contributed by atoms with Gasteiger partial charge < -0.3 is 14.8 Å². The summed E-state index contributed by atoms with van der Waals surface area (Å²) in [6, 6.07) is 6.63. The maximum atomic E-state index is 14.2. The highest BCUT2D eigenvalue weighted by molar-refractivity contribution is 6.08. The largest absolute Gasteiger partial charge is 0.344 e. The van der Waals surface area contributed by atoms with Crippen LogP contribution in [-0.4, -0.2) is 47.5 Å². The molecule has 1 N–H and O–H groups in total. The second-order valence-corrected chi connectivity index (χ2v) is 6.91. The molecule has 2 aromatic rings. The van der Waals surface area contributed by atoms with Gasteiger partial charge in [0.25, 0.3) is 11.8 Å². The van der Waals surface area contributed by atoms with Gasteiger partial charge in [-0.25, -0.2) is 8.78 Å². The van der Waals surface area contributed by atoms with E-state index in [0.29, 0.717) is 12.1 Å². The Hall–Kier alpha value is -1.95. The number of nitrogens with one attached hydrogen (secondary N) is 1. The number of benzene rings is 1. The van der Waals surface area contributed by atoms with Crippen LogP contribution in [0.3, 0.4) is 0 Å². The van der Waals surface area contributed by atoms with Crippen LogP contribution in [0.5, 0.6) is 0 Å². The predicted octanol–water partition coefficient (Wildman–Crippen LogP) is 2.66. The zero-order valence-corrected chi connectivity index (χ0v) is 13.7. The molecule has 128 valence electrons. The highest BCUT2D eigenvalue weighted by Crippen LogP contribution is 2.32. The lowest BCUT2D eigenvalue weighted by atomic mass is 10.00. The molecule has 24 heavy (non-hydrogen) atoms. The van der Waals surface area contributed by atoms with Crippen LogP contribution in [0.1, 0.15) is 28.9 Å². The van der Waals surface area contributed by atoms with Crippen molar-refractivity contribution in [2.45, 2.75) is 37.8 Å². The minimum Gasteiger partial charge on any atom is -0.344 e. The minimum atomic E-state index is -2.90. The third kappa shape index (κ3) is 2.40. The number of alkyl halides is 2. The standard InChI is InChI=1S/C18H21F2N3O/c1-22-10-8-15(18(19,20)11-22)21-17(24)16-12-5-2-3-6-13(12)23-9-4-7-14(16)23/h2-3,5-6,15H,4,7-11H2,1H3,(H,21,24). The highest BCUT2D eigenvalue weighted by Gasteiger charge is 2.44. The monoisotopic (exact) mass is 333 g/mol. The average Bonchev–Trinajstić information content (AvgIpc) is 3.09. The Morgan fingerprint density at radius 1 is 1.29 bits per heavy atom. The lowest BCUT2D eigenvalue weighted by molar-refractivity contribution is -0.0816. The van der Waals surface area contributed by atoms with Gasteiger partial charge in [0, 0.05) is 29.7 Å². The zero-order valence-electron chi connectivity index (χ0n) is 13.7. The Balaban J connectivity index is 1.67. The van der Waals surface area contributed by atoms with Gasteiger partial charge in [-0.1, -0.05) is 18.2 Å². The Bertz CT molecular complexity index is 799. The van der Waals surface area contributed by atoms with Gasteiger partial charge in [-0.15, -0.1) is 0 Å². The molecule has 3 heterocycles. The van der Waals surface area contributed by atoms with Crippen molar-refractivity contribution >= 4 is 16.8 Å². The van der Waals surface area contributed by atoms with E-state index in [4.69, 9.17) is 0 Å². The number of carbonyl (C=O) groups is 1. The summed E-state index contributed by atoms with van der Waals surface area (Å²) in [6.07, 6.45) is 2.08. The molecule has 1 saturated heterocycles. The number of piperidine rings is 1. The van der Waals surface area contributed by atoms with E-state index in [9.17, 15) is 13.6 Å². The van der Waals surface area contributed by atoms with E-state index in [2.05, 4.69) is 9.88 Å². The first kappa shape index (κ1) is 15.6. The van der Waals surface area contributed by atoms with E-state index in [0.717, 1.165) is 36.0 Å². The summed E-state index contributed by atoms with van der Waals surface area (Å²) in [4.78, 5) is 14.5. The maximum absolute atomic E-state index is 14.2. The molecular formula is C18H21F2N3O. The van der Waals surface area contributed by atoms with E-state index in [1.807, 2.05) is 24.3 Å². The fourth-order valence-electron chi connectivity index (χ4n) is 4.05. The SMILES string of the molecule is CN1CCC(NC(=O)c2c3n(c4ccccc24)CCC3)C(F)(F)C1. The Morgan fingerprint density at radius 3 is 2.88 bits per heavy atom. The van der Waals surface area contributed by atoms with Crippen molar-refractivity contribution < 1.29 is 13.6 Å². The fraction of sp³-hybridized carbons (Fsp3) is 0.500. The van der Waals surface area contributed by atoms with Gasteiger partial charge in [-0.2, -0.15) is 0 Å². The third-order valence-electron chi connectivity index (χ3n) is 5.20. The van der Waals surface area contributed by atoms with Crippen molar-refractivity contribution in [3.05, 3.63) is 35.5 Å². The van der Waals surface area contributed by atoms with Crippen LogP contribution in [0.4, 0.5) is 8.78 Å². The van der Waals surface area contributed by atoms with Crippen LogP contribution < -0.4 is 5.32 Å². The first-order chi connectivity index (χ1) is 11.5. The molecule has 2 aliphatic heterocycles. The van der Waals surface area contributed by atoms with Crippen LogP contribution >= 0.6 is 0 Å². The maximum Gasteiger partial charge on any atom is 0.280 e. The quantitative estimate of drug-likeness (QED) is 0.917. The van der Waals surface area contributed by atoms with Crippen LogP contribution in [0.25, 0.3) is 10.9 Å². The van der Waals surface area contributed by atoms with E-state index in [1.165, 1.54) is 0 Å². The molecule has 0 aliphatic carbocycles. The van der Waals surface area contributed by atoms with Crippen LogP contribution in [0.2, 0.25) is 0 Å². The lowest BCUT2D eigenvalue weighted by Crippen LogP contribution is -2.57. The number of hydrogen-bond donors (Lipinski definition) is 1. The van der Waals surface area contributed by atoms with Gasteiger partial charge in [0.2, 0.25) is 0 Å². The number of aryl methyl sites for hydroxylation is 1. The second kappa shape index (κ2) is 5.55. The van der Waals surface area contributed by atoms with Crippen molar-refractivity contribution in [2.24, 2.45) is 0 Å². The molecule has 1 aromatic carbocycles. The molecule has 1 unspecified atom stereocenters. The van der Waals surface area contributed by atoms with Crippen molar-refractivity contribution in [1.82, 2.24) is 14.8 Å². The number of carbonyl (C=O) groups excluding carboxylic acids is 1. The van der Waals surface area contributed by atoms with Crippen molar-refractivity contribution in [2.75, 3.05) is 20.1 Å². The summed E-state index contributed by atoms with van der Waals surface area (Å²) in [5.74, 6) is -3.27. The molecular weight excluding hydrogens is 312 g/mol. The number of likely N-dealkylation sites (tertiary alicyclic amines) is 1. The Morgan fingerprint density at radius 2 is 2.08 bits per heavy atom. The minimum absolute atomic E-state index is 0.267. The van der Waals surface area contributed by atoms with E-state index in [1.54, 1.807) is 11.9 Å². The van der Waals surface area contributed by atoms with Crippen molar-refractivity contribution in [3.8, 4) is 0 Å². The lowest BCUT2D eigenvalue weighted by Gasteiger charge is -2.36. The smallest absolute Gasteiger partial charge is 0.280 e. The summed E-state index contributed by atoms with van der Waals surface area (Å²) in [5, 5.41) is 3.49. The highest BCUT2D eigenvalue weighted by atomic mass is 19.3. The Kier molecular flexibility index (Phi) is 3.60. The van der Waals surface area contributed by atoms with Gasteiger partial charge in [-0.3, -0.25) is 4.79 Å². The molecule has 1 fully saturated rings. The van der Waals surface area contributed by atoms with Crippen LogP contribution in [-0.2, 0) is 13.0 Å². The number of rotatable bonds is 2. The van der Waals surface area contributed by atoms with E-state index < -0.39 is 12.0 Å². The molecule has 1 amide bonds. The molecule has 4 rings (SSSR count). The molecule has 2 aliphatic rings. The van der Waals surface area contributed by atoms with Crippen LogP contribution in [0.15, 0.2) is 24.3 Å². The molecule has 1 atom stereocenters. The summed E-state index contributed by atoms with van der Waals surface area (Å²) in [6.45, 7) is 1.13. The Labute approximate surface area is 139 Å². The van der Waals surface area contributed by atoms with Gasteiger partial charge in [0.15, 0.2) is 0 Å². The van der Waals surface area contributed by atoms with E-state index in [-0.39, 0.29) is 18.9 Å². The van der Waals surface area contributed by atoms with Crippen molar-refractivity contribution in [1.29, 1.82) is 0 Å². The van der Waals surface area contributed by atoms with Gasteiger partial charge in [0.05, 0.1) is 18.2 Å². The molecule has 6 heteroatoms. The number of fused-ring (bicyclic) bond motifs is 3. The fourth-order valence-corrected chi connectivity index (χ4v) is 4.05. The topological polar surface area (TPSA) is 37.3 Å². The van der Waals surface area contributed by atoms with E-state index >= 15 is 0 Å². The molecule has 4 nitrogen and oxygen atoms in total. The predicted molar refractivity (Wildman–Crippen MR) is 88.6 cm³/mol. The third-order valence-corrected chi connectivity index (χ3v) is 5.20. The number of nitrogens with zero attached hydrogens (tertiary/aromatic N) is 2. The molecule has 0 saturated carbocycles. The average molecular weight is 333 g/mol. The first-order valence-corrected chi connectivity index (χ1v) is 8.45.